The van der Waals surface area contributed by atoms with Gasteiger partial charge in [0.15, 0.2) is 12.4 Å². The van der Waals surface area contributed by atoms with Crippen molar-refractivity contribution in [1.82, 2.24) is 5.32 Å². The summed E-state index contributed by atoms with van der Waals surface area (Å²) in [6.45, 7) is 1.73. The third kappa shape index (κ3) is 6.93. The molecule has 0 aliphatic carbocycles. The van der Waals surface area contributed by atoms with Crippen LogP contribution in [0.25, 0.3) is 0 Å². The Balaban J connectivity index is 1.78. The Hall–Kier alpha value is -3.15. The number of ketones is 1. The standard InChI is InChI=1S/C21H23NO5/c1-15(23)22-12-11-16-3-7-18(8-4-16)20(24)14-27-21(25)13-17-5-9-19(26-2)10-6-17/h3-10H,11-14H2,1-2H3,(H,22,23). The molecule has 0 atom stereocenters. The van der Waals surface area contributed by atoms with E-state index in [9.17, 15) is 14.4 Å². The van der Waals surface area contributed by atoms with E-state index in [4.69, 9.17) is 9.47 Å². The lowest BCUT2D eigenvalue weighted by Crippen LogP contribution is -2.22. The minimum absolute atomic E-state index is 0.0711. The van der Waals surface area contributed by atoms with Crippen LogP contribution in [-0.2, 0) is 27.2 Å². The number of carbonyl (C=O) groups is 3. The summed E-state index contributed by atoms with van der Waals surface area (Å²) >= 11 is 0. The first-order valence-electron chi connectivity index (χ1n) is 8.63. The fourth-order valence-electron chi connectivity index (χ4n) is 2.43. The van der Waals surface area contributed by atoms with Crippen molar-refractivity contribution >= 4 is 17.7 Å². The summed E-state index contributed by atoms with van der Waals surface area (Å²) < 4.78 is 10.1. The van der Waals surface area contributed by atoms with E-state index in [-0.39, 0.29) is 24.7 Å². The first-order valence-corrected chi connectivity index (χ1v) is 8.63. The van der Waals surface area contributed by atoms with Crippen LogP contribution in [-0.4, -0.2) is 37.9 Å². The van der Waals surface area contributed by atoms with Gasteiger partial charge in [-0.1, -0.05) is 36.4 Å². The van der Waals surface area contributed by atoms with Crippen LogP contribution in [0.4, 0.5) is 0 Å². The van der Waals surface area contributed by atoms with Crippen LogP contribution >= 0.6 is 0 Å². The van der Waals surface area contributed by atoms with Crippen LogP contribution < -0.4 is 10.1 Å². The second kappa shape index (κ2) is 10.1. The summed E-state index contributed by atoms with van der Waals surface area (Å²) in [4.78, 5) is 34.9. The molecule has 0 unspecified atom stereocenters. The normalized spacial score (nSPS) is 10.1. The zero-order valence-electron chi connectivity index (χ0n) is 15.5. The number of esters is 1. The van der Waals surface area contributed by atoms with E-state index in [1.165, 1.54) is 6.92 Å². The lowest BCUT2D eigenvalue weighted by atomic mass is 10.1. The van der Waals surface area contributed by atoms with Gasteiger partial charge in [0.2, 0.25) is 5.91 Å². The highest BCUT2D eigenvalue weighted by molar-refractivity contribution is 5.98. The van der Waals surface area contributed by atoms with Gasteiger partial charge in [0.05, 0.1) is 13.5 Å². The fourth-order valence-corrected chi connectivity index (χ4v) is 2.43. The second-order valence-electron chi connectivity index (χ2n) is 6.04. The van der Waals surface area contributed by atoms with Crippen LogP contribution in [0.1, 0.15) is 28.4 Å². The van der Waals surface area contributed by atoms with Gasteiger partial charge in [0.25, 0.3) is 0 Å². The molecule has 6 heteroatoms. The monoisotopic (exact) mass is 369 g/mol. The molecule has 142 valence electrons. The van der Waals surface area contributed by atoms with Crippen LogP contribution in [0.2, 0.25) is 0 Å². The maximum Gasteiger partial charge on any atom is 0.310 e. The largest absolute Gasteiger partial charge is 0.497 e. The number of hydrogen-bond donors (Lipinski definition) is 1. The minimum atomic E-state index is -0.458. The summed E-state index contributed by atoms with van der Waals surface area (Å²) in [5.41, 5.74) is 2.28. The highest BCUT2D eigenvalue weighted by Gasteiger charge is 2.11. The Morgan fingerprint density at radius 3 is 2.15 bits per heavy atom. The van der Waals surface area contributed by atoms with Gasteiger partial charge in [-0.2, -0.15) is 0 Å². The number of ether oxygens (including phenoxy) is 2. The summed E-state index contributed by atoms with van der Waals surface area (Å²) in [7, 11) is 1.57. The highest BCUT2D eigenvalue weighted by Crippen LogP contribution is 2.12. The Bertz CT molecular complexity index is 781. The quantitative estimate of drug-likeness (QED) is 0.542. The molecule has 0 radical (unpaired) electrons. The number of hydrogen-bond acceptors (Lipinski definition) is 5. The summed E-state index contributed by atoms with van der Waals surface area (Å²) in [5, 5.41) is 2.72. The molecule has 0 aliphatic rings. The first-order chi connectivity index (χ1) is 13.0. The zero-order chi connectivity index (χ0) is 19.6. The van der Waals surface area contributed by atoms with Gasteiger partial charge in [0.1, 0.15) is 5.75 Å². The van der Waals surface area contributed by atoms with Gasteiger partial charge >= 0.3 is 5.97 Å². The van der Waals surface area contributed by atoms with Gasteiger partial charge < -0.3 is 14.8 Å². The molecule has 0 saturated carbocycles. The Morgan fingerprint density at radius 1 is 0.926 bits per heavy atom. The molecule has 0 saturated heterocycles. The van der Waals surface area contributed by atoms with Gasteiger partial charge in [0, 0.05) is 19.0 Å². The van der Waals surface area contributed by atoms with Gasteiger partial charge in [-0.3, -0.25) is 14.4 Å². The SMILES string of the molecule is COc1ccc(CC(=O)OCC(=O)c2ccc(CCNC(C)=O)cc2)cc1. The topological polar surface area (TPSA) is 81.7 Å². The predicted octanol–water partition coefficient (Wildman–Crippen LogP) is 2.34. The van der Waals surface area contributed by atoms with E-state index >= 15 is 0 Å². The Labute approximate surface area is 158 Å². The van der Waals surface area contributed by atoms with E-state index in [0.717, 1.165) is 11.1 Å². The van der Waals surface area contributed by atoms with Crippen molar-refractivity contribution in [2.45, 2.75) is 19.8 Å². The molecule has 1 amide bonds. The Kier molecular flexibility index (Phi) is 7.55. The average Bonchev–Trinajstić information content (AvgIpc) is 2.67. The van der Waals surface area contributed by atoms with Gasteiger partial charge in [-0.25, -0.2) is 0 Å². The van der Waals surface area contributed by atoms with Crippen molar-refractivity contribution < 1.29 is 23.9 Å². The smallest absolute Gasteiger partial charge is 0.310 e. The molecule has 0 fully saturated rings. The van der Waals surface area contributed by atoms with Crippen molar-refractivity contribution in [3.8, 4) is 5.75 Å². The molecule has 0 heterocycles. The van der Waals surface area contributed by atoms with Crippen LogP contribution in [0.15, 0.2) is 48.5 Å². The third-order valence-corrected chi connectivity index (χ3v) is 3.94. The van der Waals surface area contributed by atoms with Crippen molar-refractivity contribution in [2.75, 3.05) is 20.3 Å². The molecule has 6 nitrogen and oxygen atoms in total. The number of carbonyl (C=O) groups excluding carboxylic acids is 3. The van der Waals surface area contributed by atoms with E-state index in [0.29, 0.717) is 24.3 Å². The Morgan fingerprint density at radius 2 is 1.56 bits per heavy atom. The number of amides is 1. The van der Waals surface area contributed by atoms with E-state index in [2.05, 4.69) is 5.32 Å². The maximum atomic E-state index is 12.1. The predicted molar refractivity (Wildman–Crippen MR) is 101 cm³/mol. The fraction of sp³-hybridized carbons (Fsp3) is 0.286. The summed E-state index contributed by atoms with van der Waals surface area (Å²) in [6.07, 6.45) is 0.782. The highest BCUT2D eigenvalue weighted by atomic mass is 16.5. The molecule has 0 aromatic heterocycles. The molecule has 0 bridgehead atoms. The minimum Gasteiger partial charge on any atom is -0.497 e. The van der Waals surface area contributed by atoms with E-state index < -0.39 is 5.97 Å². The second-order valence-corrected chi connectivity index (χ2v) is 6.04. The average molecular weight is 369 g/mol. The summed E-state index contributed by atoms with van der Waals surface area (Å²) in [5.74, 6) is -0.0759. The van der Waals surface area contributed by atoms with E-state index in [1.54, 1.807) is 43.5 Å². The number of benzene rings is 2. The molecular weight excluding hydrogens is 346 g/mol. The number of methoxy groups -OCH3 is 1. The lowest BCUT2D eigenvalue weighted by molar-refractivity contribution is -0.141. The molecule has 2 aromatic carbocycles. The van der Waals surface area contributed by atoms with Crippen molar-refractivity contribution in [2.24, 2.45) is 0 Å². The molecular formula is C21H23NO5. The van der Waals surface area contributed by atoms with Crippen LogP contribution in [0, 0.1) is 0 Å². The lowest BCUT2D eigenvalue weighted by Gasteiger charge is -2.07. The molecule has 0 aliphatic heterocycles. The maximum absolute atomic E-state index is 12.1. The van der Waals surface area contributed by atoms with Crippen molar-refractivity contribution in [3.63, 3.8) is 0 Å². The number of Topliss-reactive ketones (excluding diaryl/α,β-unsaturated/α-hetero) is 1. The summed E-state index contributed by atoms with van der Waals surface area (Å²) in [6, 6.07) is 14.1. The van der Waals surface area contributed by atoms with Crippen molar-refractivity contribution in [3.05, 3.63) is 65.2 Å². The first kappa shape index (κ1) is 20.2. The van der Waals surface area contributed by atoms with Crippen LogP contribution in [0.3, 0.4) is 0 Å². The number of rotatable bonds is 9. The van der Waals surface area contributed by atoms with E-state index in [1.807, 2.05) is 12.1 Å². The molecule has 1 N–H and O–H groups in total. The molecule has 2 aromatic rings. The molecule has 2 rings (SSSR count). The molecule has 27 heavy (non-hydrogen) atoms. The molecule has 0 spiro atoms. The van der Waals surface area contributed by atoms with Gasteiger partial charge in [-0.15, -0.1) is 0 Å². The van der Waals surface area contributed by atoms with Crippen molar-refractivity contribution in [1.29, 1.82) is 0 Å². The van der Waals surface area contributed by atoms with Gasteiger partial charge in [-0.05, 0) is 29.7 Å². The zero-order valence-corrected chi connectivity index (χ0v) is 15.5. The number of nitrogens with one attached hydrogen (secondary N) is 1. The third-order valence-electron chi connectivity index (χ3n) is 3.94. The van der Waals surface area contributed by atoms with Crippen LogP contribution in [0.5, 0.6) is 5.75 Å².